The molecule has 1 unspecified atom stereocenters. The van der Waals surface area contributed by atoms with Crippen molar-refractivity contribution < 1.29 is 14.6 Å². The van der Waals surface area contributed by atoms with Crippen LogP contribution in [0.5, 0.6) is 5.75 Å². The molecule has 0 radical (unpaired) electrons. The summed E-state index contributed by atoms with van der Waals surface area (Å²) in [5.74, 6) is 0.663. The van der Waals surface area contributed by atoms with Crippen LogP contribution in [0, 0.1) is 0 Å². The molecule has 0 bridgehead atoms. The first-order chi connectivity index (χ1) is 10.2. The van der Waals surface area contributed by atoms with Crippen molar-refractivity contribution in [3.63, 3.8) is 0 Å². The van der Waals surface area contributed by atoms with Gasteiger partial charge in [0.05, 0.1) is 18.8 Å². The van der Waals surface area contributed by atoms with Crippen LogP contribution in [0.4, 0.5) is 0 Å². The molecule has 2 fully saturated rings. The summed E-state index contributed by atoms with van der Waals surface area (Å²) in [5.41, 5.74) is 0.216. The molecule has 1 aliphatic heterocycles. The topological polar surface area (TPSA) is 64.3 Å². The van der Waals surface area contributed by atoms with Crippen LogP contribution in [0.15, 0.2) is 6.20 Å². The minimum absolute atomic E-state index is 0.157. The molecule has 1 N–H and O–H groups in total. The van der Waals surface area contributed by atoms with Crippen LogP contribution in [0.2, 0.25) is 0 Å². The largest absolute Gasteiger partial charge is 0.486 e. The number of aromatic nitrogens is 2. The first-order valence-electron chi connectivity index (χ1n) is 7.81. The Morgan fingerprint density at radius 3 is 2.76 bits per heavy atom. The lowest BCUT2D eigenvalue weighted by Gasteiger charge is -2.21. The van der Waals surface area contributed by atoms with Crippen molar-refractivity contribution in [1.82, 2.24) is 9.78 Å². The second-order valence-corrected chi connectivity index (χ2v) is 7.27. The van der Waals surface area contributed by atoms with Gasteiger partial charge in [-0.25, -0.2) is 4.79 Å². The molecule has 116 valence electrons. The molecule has 5 nitrogen and oxygen atoms in total. The molecule has 1 atom stereocenters. The molecule has 1 aliphatic carbocycles. The van der Waals surface area contributed by atoms with Crippen LogP contribution < -0.4 is 4.74 Å². The highest BCUT2D eigenvalue weighted by Crippen LogP contribution is 2.30. The Balaban J connectivity index is 1.73. The summed E-state index contributed by atoms with van der Waals surface area (Å²) < 4.78 is 7.49. The maximum absolute atomic E-state index is 11.6. The van der Waals surface area contributed by atoms with Crippen LogP contribution in [0.1, 0.15) is 55.4 Å². The van der Waals surface area contributed by atoms with E-state index in [1.807, 2.05) is 11.8 Å². The Kier molecular flexibility index (Phi) is 4.73. The number of aromatic carboxylic acids is 1. The fraction of sp³-hybridized carbons (Fsp3) is 0.733. The Labute approximate surface area is 129 Å². The van der Waals surface area contributed by atoms with Crippen molar-refractivity contribution in [1.29, 1.82) is 0 Å². The van der Waals surface area contributed by atoms with Gasteiger partial charge < -0.3 is 9.84 Å². The van der Waals surface area contributed by atoms with Crippen LogP contribution in [-0.2, 0) is 6.54 Å². The summed E-state index contributed by atoms with van der Waals surface area (Å²) in [7, 11) is 0. The highest BCUT2D eigenvalue weighted by molar-refractivity contribution is 7.99. The number of carboxylic acids is 1. The SMILES string of the molecule is O=C(O)c1c(OC2CCCC2)cnn1CC1CCCCS1. The third-order valence-corrected chi connectivity index (χ3v) is 5.64. The molecule has 1 aromatic rings. The highest BCUT2D eigenvalue weighted by atomic mass is 32.2. The second kappa shape index (κ2) is 6.73. The second-order valence-electron chi connectivity index (χ2n) is 5.86. The number of rotatable bonds is 5. The van der Waals surface area contributed by atoms with Crippen LogP contribution in [0.25, 0.3) is 0 Å². The number of thioether (sulfide) groups is 1. The molecule has 2 heterocycles. The van der Waals surface area contributed by atoms with E-state index in [4.69, 9.17) is 4.74 Å². The molecule has 1 saturated heterocycles. The van der Waals surface area contributed by atoms with Crippen molar-refractivity contribution in [2.75, 3.05) is 5.75 Å². The smallest absolute Gasteiger partial charge is 0.358 e. The van der Waals surface area contributed by atoms with Gasteiger partial charge in [0.1, 0.15) is 0 Å². The van der Waals surface area contributed by atoms with E-state index in [2.05, 4.69) is 5.10 Å². The van der Waals surface area contributed by atoms with Gasteiger partial charge >= 0.3 is 5.97 Å². The number of hydrogen-bond acceptors (Lipinski definition) is 4. The molecule has 0 amide bonds. The molecule has 0 spiro atoms. The molecule has 21 heavy (non-hydrogen) atoms. The first kappa shape index (κ1) is 14.8. The summed E-state index contributed by atoms with van der Waals surface area (Å²) in [4.78, 5) is 11.6. The minimum atomic E-state index is -0.943. The van der Waals surface area contributed by atoms with Crippen molar-refractivity contribution >= 4 is 17.7 Å². The summed E-state index contributed by atoms with van der Waals surface area (Å²) in [6.45, 7) is 0.667. The van der Waals surface area contributed by atoms with E-state index in [1.165, 1.54) is 31.4 Å². The molecule has 0 aromatic carbocycles. The molecular weight excluding hydrogens is 288 g/mol. The summed E-state index contributed by atoms with van der Waals surface area (Å²) in [6.07, 6.45) is 9.74. The normalized spacial score (nSPS) is 23.3. The van der Waals surface area contributed by atoms with E-state index in [0.717, 1.165) is 19.3 Å². The van der Waals surface area contributed by atoms with Crippen molar-refractivity contribution in [2.45, 2.75) is 62.8 Å². The van der Waals surface area contributed by atoms with Gasteiger partial charge in [-0.2, -0.15) is 16.9 Å². The Bertz CT molecular complexity index is 491. The number of carbonyl (C=O) groups is 1. The lowest BCUT2D eigenvalue weighted by atomic mass is 10.2. The average Bonchev–Trinajstić information content (AvgIpc) is 3.11. The Morgan fingerprint density at radius 1 is 1.33 bits per heavy atom. The van der Waals surface area contributed by atoms with Gasteiger partial charge in [0, 0.05) is 5.25 Å². The van der Waals surface area contributed by atoms with Crippen molar-refractivity contribution in [3.8, 4) is 5.75 Å². The first-order valence-corrected chi connectivity index (χ1v) is 8.86. The lowest BCUT2D eigenvalue weighted by Crippen LogP contribution is -2.21. The predicted molar refractivity (Wildman–Crippen MR) is 82.2 cm³/mol. The molecule has 6 heteroatoms. The van der Waals surface area contributed by atoms with Crippen LogP contribution >= 0.6 is 11.8 Å². The lowest BCUT2D eigenvalue weighted by molar-refractivity contribution is 0.0675. The maximum atomic E-state index is 11.6. The maximum Gasteiger partial charge on any atom is 0.358 e. The van der Waals surface area contributed by atoms with Crippen molar-refractivity contribution in [2.24, 2.45) is 0 Å². The quantitative estimate of drug-likeness (QED) is 0.905. The monoisotopic (exact) mass is 310 g/mol. The van der Waals surface area contributed by atoms with Gasteiger partial charge in [-0.15, -0.1) is 0 Å². The summed E-state index contributed by atoms with van der Waals surface area (Å²) in [6, 6.07) is 0. The van der Waals surface area contributed by atoms with E-state index in [-0.39, 0.29) is 11.8 Å². The van der Waals surface area contributed by atoms with E-state index < -0.39 is 5.97 Å². The predicted octanol–water partition coefficient (Wildman–Crippen LogP) is 3.19. The number of nitrogens with zero attached hydrogens (tertiary/aromatic N) is 2. The molecular formula is C15H22N2O3S. The van der Waals surface area contributed by atoms with Gasteiger partial charge in [0.15, 0.2) is 11.4 Å². The van der Waals surface area contributed by atoms with Crippen LogP contribution in [-0.4, -0.2) is 38.0 Å². The highest BCUT2D eigenvalue weighted by Gasteiger charge is 2.25. The van der Waals surface area contributed by atoms with Gasteiger partial charge in [0.25, 0.3) is 0 Å². The van der Waals surface area contributed by atoms with Crippen LogP contribution in [0.3, 0.4) is 0 Å². The Morgan fingerprint density at radius 2 is 2.10 bits per heavy atom. The van der Waals surface area contributed by atoms with E-state index >= 15 is 0 Å². The molecule has 1 aromatic heterocycles. The minimum Gasteiger partial charge on any atom is -0.486 e. The fourth-order valence-electron chi connectivity index (χ4n) is 3.14. The van der Waals surface area contributed by atoms with E-state index in [1.54, 1.807) is 10.9 Å². The van der Waals surface area contributed by atoms with Gasteiger partial charge in [-0.05, 0) is 44.3 Å². The zero-order chi connectivity index (χ0) is 14.7. The van der Waals surface area contributed by atoms with Gasteiger partial charge in [-0.3, -0.25) is 4.68 Å². The number of hydrogen-bond donors (Lipinski definition) is 1. The summed E-state index contributed by atoms with van der Waals surface area (Å²) >= 11 is 1.93. The molecule has 2 aliphatic rings. The zero-order valence-corrected chi connectivity index (χ0v) is 13.0. The standard InChI is InChI=1S/C15H22N2O3S/c18-15(19)14-13(20-11-5-1-2-6-11)9-16-17(14)10-12-7-3-4-8-21-12/h9,11-12H,1-8,10H2,(H,18,19). The molecule has 3 rings (SSSR count). The van der Waals surface area contributed by atoms with Crippen molar-refractivity contribution in [3.05, 3.63) is 11.9 Å². The van der Waals surface area contributed by atoms with E-state index in [9.17, 15) is 9.90 Å². The fourth-order valence-corrected chi connectivity index (χ4v) is 4.42. The summed E-state index contributed by atoms with van der Waals surface area (Å²) in [5, 5.41) is 14.2. The average molecular weight is 310 g/mol. The number of carboxylic acid groups (broad SMARTS) is 1. The third-order valence-electron chi connectivity index (χ3n) is 4.25. The third kappa shape index (κ3) is 3.54. The van der Waals surface area contributed by atoms with E-state index in [0.29, 0.717) is 17.5 Å². The molecule has 1 saturated carbocycles. The van der Waals surface area contributed by atoms with Gasteiger partial charge in [0.2, 0.25) is 0 Å². The number of ether oxygens (including phenoxy) is 1. The zero-order valence-electron chi connectivity index (χ0n) is 12.2. The Hall–Kier alpha value is -1.17. The van der Waals surface area contributed by atoms with Gasteiger partial charge in [-0.1, -0.05) is 6.42 Å².